The Morgan fingerprint density at radius 3 is 2.74 bits per heavy atom. The molecule has 0 N–H and O–H groups in total. The first-order chi connectivity index (χ1) is 13.4. The van der Waals surface area contributed by atoms with Crippen LogP contribution in [0.2, 0.25) is 0 Å². The predicted octanol–water partition coefficient (Wildman–Crippen LogP) is 3.64. The van der Waals surface area contributed by atoms with Crippen molar-refractivity contribution in [3.05, 3.63) is 60.7 Å². The van der Waals surface area contributed by atoms with Gasteiger partial charge in [0.1, 0.15) is 0 Å². The summed E-state index contributed by atoms with van der Waals surface area (Å²) in [5, 5.41) is 0. The van der Waals surface area contributed by atoms with Crippen LogP contribution in [-0.4, -0.2) is 48.9 Å². The maximum atomic E-state index is 5.50. The third-order valence-corrected chi connectivity index (χ3v) is 5.39. The number of imidazole rings is 1. The molecule has 138 valence electrons. The quantitative estimate of drug-likeness (QED) is 0.714. The molecule has 0 aliphatic carbocycles. The lowest BCUT2D eigenvalue weighted by Gasteiger charge is -2.29. The van der Waals surface area contributed by atoms with Crippen molar-refractivity contribution in [2.24, 2.45) is 0 Å². The van der Waals surface area contributed by atoms with Crippen molar-refractivity contribution in [3.63, 3.8) is 0 Å². The second kappa shape index (κ2) is 7.18. The van der Waals surface area contributed by atoms with E-state index >= 15 is 0 Å². The van der Waals surface area contributed by atoms with Crippen LogP contribution in [0.5, 0.6) is 0 Å². The molecule has 4 heterocycles. The molecule has 0 radical (unpaired) electrons. The first-order valence-electron chi connectivity index (χ1n) is 9.54. The van der Waals surface area contributed by atoms with Crippen molar-refractivity contribution < 1.29 is 9.47 Å². The van der Waals surface area contributed by atoms with E-state index in [1.807, 2.05) is 12.5 Å². The van der Waals surface area contributed by atoms with Crippen LogP contribution in [0.25, 0.3) is 22.2 Å². The lowest BCUT2D eigenvalue weighted by atomic mass is 9.97. The van der Waals surface area contributed by atoms with Gasteiger partial charge in [-0.3, -0.25) is 0 Å². The fraction of sp³-hybridized carbons (Fsp3) is 0.318. The highest BCUT2D eigenvalue weighted by Gasteiger charge is 2.15. The van der Waals surface area contributed by atoms with Crippen molar-refractivity contribution in [2.75, 3.05) is 44.4 Å². The molecule has 1 fully saturated rings. The number of morpholine rings is 1. The molecular formula is C22H23N3O2. The molecule has 0 unspecified atom stereocenters. The van der Waals surface area contributed by atoms with E-state index in [4.69, 9.17) is 9.47 Å². The van der Waals surface area contributed by atoms with Crippen molar-refractivity contribution >= 4 is 16.8 Å². The van der Waals surface area contributed by atoms with Gasteiger partial charge in [-0.05, 0) is 41.3 Å². The summed E-state index contributed by atoms with van der Waals surface area (Å²) in [5.74, 6) is 0. The molecule has 5 heteroatoms. The Morgan fingerprint density at radius 1 is 0.963 bits per heavy atom. The normalized spacial score (nSPS) is 17.9. The SMILES string of the molecule is C1=C(c2cc(-c3cccc(N4CCOCC4)c3)cn3cncc23)CCOC1. The van der Waals surface area contributed by atoms with Crippen LogP contribution in [0.3, 0.4) is 0 Å². The molecule has 0 atom stereocenters. The highest BCUT2D eigenvalue weighted by Crippen LogP contribution is 2.32. The summed E-state index contributed by atoms with van der Waals surface area (Å²) in [6.45, 7) is 4.96. The maximum Gasteiger partial charge on any atom is 0.0992 e. The van der Waals surface area contributed by atoms with Crippen LogP contribution in [-0.2, 0) is 9.47 Å². The number of fused-ring (bicyclic) bond motifs is 1. The van der Waals surface area contributed by atoms with Crippen LogP contribution >= 0.6 is 0 Å². The Balaban J connectivity index is 1.58. The van der Waals surface area contributed by atoms with Gasteiger partial charge in [0, 0.05) is 30.5 Å². The van der Waals surface area contributed by atoms with E-state index < -0.39 is 0 Å². The van der Waals surface area contributed by atoms with Gasteiger partial charge in [-0.15, -0.1) is 0 Å². The minimum atomic E-state index is 0.687. The molecule has 1 aromatic carbocycles. The number of ether oxygens (including phenoxy) is 2. The number of hydrogen-bond acceptors (Lipinski definition) is 4. The predicted molar refractivity (Wildman–Crippen MR) is 107 cm³/mol. The average molecular weight is 361 g/mol. The first-order valence-corrected chi connectivity index (χ1v) is 9.54. The van der Waals surface area contributed by atoms with E-state index in [1.165, 1.54) is 28.0 Å². The number of rotatable bonds is 3. The highest BCUT2D eigenvalue weighted by atomic mass is 16.5. The lowest BCUT2D eigenvalue weighted by Crippen LogP contribution is -2.36. The van der Waals surface area contributed by atoms with E-state index in [0.717, 1.165) is 44.8 Å². The molecule has 2 aromatic heterocycles. The molecule has 27 heavy (non-hydrogen) atoms. The average Bonchev–Trinajstić information content (AvgIpc) is 3.23. The Morgan fingerprint density at radius 2 is 1.89 bits per heavy atom. The van der Waals surface area contributed by atoms with Gasteiger partial charge >= 0.3 is 0 Å². The first kappa shape index (κ1) is 16.5. The molecule has 0 saturated carbocycles. The van der Waals surface area contributed by atoms with Gasteiger partial charge in [-0.2, -0.15) is 0 Å². The van der Waals surface area contributed by atoms with Gasteiger partial charge in [-0.1, -0.05) is 18.2 Å². The summed E-state index contributed by atoms with van der Waals surface area (Å²) in [4.78, 5) is 6.76. The number of hydrogen-bond donors (Lipinski definition) is 0. The molecule has 0 bridgehead atoms. The van der Waals surface area contributed by atoms with Gasteiger partial charge in [0.25, 0.3) is 0 Å². The van der Waals surface area contributed by atoms with Crippen LogP contribution in [0.4, 0.5) is 5.69 Å². The zero-order valence-electron chi connectivity index (χ0n) is 15.3. The third kappa shape index (κ3) is 3.24. The van der Waals surface area contributed by atoms with Gasteiger partial charge in [0.15, 0.2) is 0 Å². The molecule has 1 saturated heterocycles. The minimum Gasteiger partial charge on any atom is -0.378 e. The van der Waals surface area contributed by atoms with Gasteiger partial charge in [0.2, 0.25) is 0 Å². The van der Waals surface area contributed by atoms with Gasteiger partial charge in [0.05, 0.1) is 44.5 Å². The summed E-state index contributed by atoms with van der Waals surface area (Å²) >= 11 is 0. The third-order valence-electron chi connectivity index (χ3n) is 5.39. The van der Waals surface area contributed by atoms with Crippen molar-refractivity contribution in [2.45, 2.75) is 6.42 Å². The van der Waals surface area contributed by atoms with E-state index in [2.05, 4.69) is 56.9 Å². The molecule has 5 nitrogen and oxygen atoms in total. The zero-order chi connectivity index (χ0) is 18.1. The number of anilines is 1. The summed E-state index contributed by atoms with van der Waals surface area (Å²) in [5.41, 5.74) is 7.44. The molecule has 5 rings (SSSR count). The number of nitrogens with zero attached hydrogens (tertiary/aromatic N) is 3. The topological polar surface area (TPSA) is 39.0 Å². The van der Waals surface area contributed by atoms with Crippen LogP contribution in [0.1, 0.15) is 12.0 Å². The summed E-state index contributed by atoms with van der Waals surface area (Å²) < 4.78 is 13.1. The minimum absolute atomic E-state index is 0.687. The molecule has 2 aliphatic rings. The lowest BCUT2D eigenvalue weighted by molar-refractivity contribution is 0.122. The highest BCUT2D eigenvalue weighted by molar-refractivity contribution is 5.82. The van der Waals surface area contributed by atoms with Crippen molar-refractivity contribution in [1.82, 2.24) is 9.38 Å². The number of pyridine rings is 1. The fourth-order valence-electron chi connectivity index (χ4n) is 3.92. The monoisotopic (exact) mass is 361 g/mol. The summed E-state index contributed by atoms with van der Waals surface area (Å²) in [6.07, 6.45) is 9.13. The molecule has 0 spiro atoms. The van der Waals surface area contributed by atoms with E-state index in [0.29, 0.717) is 6.61 Å². The zero-order valence-corrected chi connectivity index (χ0v) is 15.3. The largest absolute Gasteiger partial charge is 0.378 e. The van der Waals surface area contributed by atoms with Crippen molar-refractivity contribution in [1.29, 1.82) is 0 Å². The van der Waals surface area contributed by atoms with E-state index in [-0.39, 0.29) is 0 Å². The smallest absolute Gasteiger partial charge is 0.0992 e. The van der Waals surface area contributed by atoms with Crippen LogP contribution < -0.4 is 4.90 Å². The molecule has 2 aliphatic heterocycles. The van der Waals surface area contributed by atoms with E-state index in [1.54, 1.807) is 0 Å². The van der Waals surface area contributed by atoms with Crippen LogP contribution in [0, 0.1) is 0 Å². The summed E-state index contributed by atoms with van der Waals surface area (Å²) in [6, 6.07) is 11.1. The molecule has 0 amide bonds. The molecular weight excluding hydrogens is 338 g/mol. The maximum absolute atomic E-state index is 5.50. The van der Waals surface area contributed by atoms with Gasteiger partial charge in [-0.25, -0.2) is 4.98 Å². The number of benzene rings is 1. The van der Waals surface area contributed by atoms with E-state index in [9.17, 15) is 0 Å². The van der Waals surface area contributed by atoms with Crippen LogP contribution in [0.15, 0.2) is 55.1 Å². The fourth-order valence-corrected chi connectivity index (χ4v) is 3.92. The summed E-state index contributed by atoms with van der Waals surface area (Å²) in [7, 11) is 0. The van der Waals surface area contributed by atoms with Gasteiger partial charge < -0.3 is 18.8 Å². The number of aromatic nitrogens is 2. The second-order valence-electron chi connectivity index (χ2n) is 7.03. The second-order valence-corrected chi connectivity index (χ2v) is 7.03. The Labute approximate surface area is 158 Å². The Bertz CT molecular complexity index is 986. The Kier molecular flexibility index (Phi) is 4.40. The Hall–Kier alpha value is -2.63. The molecule has 3 aromatic rings. The standard InChI is InChI=1S/C22H23N3O2/c1-2-18(12-20(3-1)24-6-10-27-11-7-24)19-13-21(17-4-8-26-9-5-17)22-14-23-16-25(22)15-19/h1-4,12-16H,5-11H2. The van der Waals surface area contributed by atoms with Crippen molar-refractivity contribution in [3.8, 4) is 11.1 Å².